The van der Waals surface area contributed by atoms with Crippen LogP contribution in [0.5, 0.6) is 0 Å². The maximum atomic E-state index is 11.5. The Balaban J connectivity index is 1.70. The van der Waals surface area contributed by atoms with Crippen molar-refractivity contribution in [3.8, 4) is 11.5 Å². The monoisotopic (exact) mass is 299 g/mol. The van der Waals surface area contributed by atoms with E-state index in [0.29, 0.717) is 24.8 Å². The van der Waals surface area contributed by atoms with Gasteiger partial charge in [-0.2, -0.15) is 0 Å². The molecule has 0 aliphatic rings. The van der Waals surface area contributed by atoms with Crippen LogP contribution in [0.4, 0.5) is 0 Å². The number of ether oxygens (including phenoxy) is 1. The van der Waals surface area contributed by atoms with E-state index >= 15 is 0 Å². The molecule has 3 heterocycles. The van der Waals surface area contributed by atoms with Gasteiger partial charge >= 0.3 is 5.97 Å². The summed E-state index contributed by atoms with van der Waals surface area (Å²) in [7, 11) is 0. The van der Waals surface area contributed by atoms with Crippen LogP contribution in [0.15, 0.2) is 45.9 Å². The average Bonchev–Trinajstić information content (AvgIpc) is 3.19. The number of hydrogen-bond acceptors (Lipinski definition) is 7. The molecule has 7 heteroatoms. The number of rotatable bonds is 5. The first-order valence-corrected chi connectivity index (χ1v) is 6.72. The van der Waals surface area contributed by atoms with Crippen molar-refractivity contribution in [3.05, 3.63) is 54.3 Å². The number of aromatic nitrogens is 3. The first-order valence-electron chi connectivity index (χ1n) is 6.72. The molecular formula is C15H13N3O4. The first-order chi connectivity index (χ1) is 10.8. The normalized spacial score (nSPS) is 10.6. The summed E-state index contributed by atoms with van der Waals surface area (Å²) < 4.78 is 15.3. The Morgan fingerprint density at radius 2 is 2.18 bits per heavy atom. The fourth-order valence-electron chi connectivity index (χ4n) is 1.87. The second kappa shape index (κ2) is 6.21. The highest BCUT2D eigenvalue weighted by molar-refractivity contribution is 5.86. The molecule has 0 radical (unpaired) electrons. The molecule has 0 fully saturated rings. The third-order valence-electron chi connectivity index (χ3n) is 2.87. The van der Waals surface area contributed by atoms with Crippen molar-refractivity contribution in [2.45, 2.75) is 13.3 Å². The Labute approximate surface area is 126 Å². The second-order valence-electron chi connectivity index (χ2n) is 4.40. The van der Waals surface area contributed by atoms with E-state index in [4.69, 9.17) is 13.6 Å². The minimum absolute atomic E-state index is 0.160. The largest absolute Gasteiger partial charge is 0.461 e. The quantitative estimate of drug-likeness (QED) is 0.668. The zero-order valence-corrected chi connectivity index (χ0v) is 11.9. The van der Waals surface area contributed by atoms with Gasteiger partial charge in [-0.25, -0.2) is 14.8 Å². The van der Waals surface area contributed by atoms with Crippen molar-refractivity contribution in [3.63, 3.8) is 0 Å². The standard InChI is InChI=1S/C15H13N3O4/c1-2-20-15(19)12-9-22-13(18-12)7-11-4-3-10(8-17-11)14-16-5-6-21-14/h3-6,8-9H,2,7H2,1H3. The molecule has 0 aliphatic carbocycles. The van der Waals surface area contributed by atoms with E-state index in [2.05, 4.69) is 15.0 Å². The van der Waals surface area contributed by atoms with Crippen LogP contribution in [0, 0.1) is 0 Å². The number of carbonyl (C=O) groups is 1. The molecule has 0 atom stereocenters. The molecule has 0 amide bonds. The Bertz CT molecular complexity index is 747. The van der Waals surface area contributed by atoms with Crippen LogP contribution in [0.1, 0.15) is 29.0 Å². The summed E-state index contributed by atoms with van der Waals surface area (Å²) in [4.78, 5) is 23.9. The molecule has 3 aromatic heterocycles. The average molecular weight is 299 g/mol. The Morgan fingerprint density at radius 1 is 1.27 bits per heavy atom. The van der Waals surface area contributed by atoms with Crippen molar-refractivity contribution < 1.29 is 18.4 Å². The van der Waals surface area contributed by atoms with Crippen molar-refractivity contribution in [1.29, 1.82) is 0 Å². The van der Waals surface area contributed by atoms with Gasteiger partial charge in [-0.05, 0) is 19.1 Å². The van der Waals surface area contributed by atoms with E-state index in [-0.39, 0.29) is 5.69 Å². The fraction of sp³-hybridized carbons (Fsp3) is 0.200. The maximum Gasteiger partial charge on any atom is 0.360 e. The van der Waals surface area contributed by atoms with Gasteiger partial charge in [0.1, 0.15) is 12.5 Å². The first kappa shape index (κ1) is 14.0. The van der Waals surface area contributed by atoms with Gasteiger partial charge < -0.3 is 13.6 Å². The molecule has 0 aliphatic heterocycles. The maximum absolute atomic E-state index is 11.5. The van der Waals surface area contributed by atoms with Gasteiger partial charge in [-0.3, -0.25) is 4.98 Å². The van der Waals surface area contributed by atoms with E-state index in [1.807, 2.05) is 12.1 Å². The van der Waals surface area contributed by atoms with Crippen molar-refractivity contribution in [2.24, 2.45) is 0 Å². The van der Waals surface area contributed by atoms with Gasteiger partial charge in [0.2, 0.25) is 11.8 Å². The number of esters is 1. The fourth-order valence-corrected chi connectivity index (χ4v) is 1.87. The SMILES string of the molecule is CCOC(=O)c1coc(Cc2ccc(-c3ncco3)cn2)n1. The lowest BCUT2D eigenvalue weighted by atomic mass is 10.2. The van der Waals surface area contributed by atoms with E-state index in [0.717, 1.165) is 11.3 Å². The summed E-state index contributed by atoms with van der Waals surface area (Å²) in [5, 5.41) is 0. The predicted molar refractivity (Wildman–Crippen MR) is 75.0 cm³/mol. The zero-order chi connectivity index (χ0) is 15.4. The summed E-state index contributed by atoms with van der Waals surface area (Å²) >= 11 is 0. The highest BCUT2D eigenvalue weighted by Gasteiger charge is 2.14. The van der Waals surface area contributed by atoms with Crippen LogP contribution in [0.2, 0.25) is 0 Å². The molecule has 22 heavy (non-hydrogen) atoms. The smallest absolute Gasteiger partial charge is 0.360 e. The Morgan fingerprint density at radius 3 is 2.86 bits per heavy atom. The lowest BCUT2D eigenvalue weighted by molar-refractivity contribution is 0.0519. The Hall–Kier alpha value is -2.96. The van der Waals surface area contributed by atoms with Gasteiger partial charge in [0.15, 0.2) is 5.69 Å². The minimum atomic E-state index is -0.496. The minimum Gasteiger partial charge on any atom is -0.461 e. The molecule has 3 aromatic rings. The number of oxazole rings is 2. The molecule has 0 unspecified atom stereocenters. The third kappa shape index (κ3) is 3.03. The van der Waals surface area contributed by atoms with Crippen LogP contribution < -0.4 is 0 Å². The van der Waals surface area contributed by atoms with Gasteiger partial charge in [-0.15, -0.1) is 0 Å². The van der Waals surface area contributed by atoms with Gasteiger partial charge in [0.05, 0.1) is 24.8 Å². The van der Waals surface area contributed by atoms with Gasteiger partial charge in [0, 0.05) is 11.9 Å². The van der Waals surface area contributed by atoms with Crippen LogP contribution in [0.3, 0.4) is 0 Å². The molecule has 0 spiro atoms. The molecule has 3 rings (SSSR count). The molecule has 0 aromatic carbocycles. The molecule has 7 nitrogen and oxygen atoms in total. The van der Waals surface area contributed by atoms with E-state index in [1.165, 1.54) is 12.5 Å². The number of carbonyl (C=O) groups excluding carboxylic acids is 1. The van der Waals surface area contributed by atoms with E-state index < -0.39 is 5.97 Å². The van der Waals surface area contributed by atoms with Crippen molar-refractivity contribution in [1.82, 2.24) is 15.0 Å². The summed E-state index contributed by atoms with van der Waals surface area (Å²) in [5.41, 5.74) is 1.70. The third-order valence-corrected chi connectivity index (χ3v) is 2.87. The summed E-state index contributed by atoms with van der Waals surface area (Å²) in [6, 6.07) is 3.68. The van der Waals surface area contributed by atoms with Crippen molar-refractivity contribution >= 4 is 5.97 Å². The topological polar surface area (TPSA) is 91.2 Å². The molecule has 112 valence electrons. The number of hydrogen-bond donors (Lipinski definition) is 0. The lowest BCUT2D eigenvalue weighted by Crippen LogP contribution is -2.05. The van der Waals surface area contributed by atoms with Gasteiger partial charge in [0.25, 0.3) is 0 Å². The highest BCUT2D eigenvalue weighted by Crippen LogP contribution is 2.17. The number of pyridine rings is 1. The summed E-state index contributed by atoms with van der Waals surface area (Å²) in [6.45, 7) is 2.03. The molecule has 0 saturated heterocycles. The molecule has 0 N–H and O–H groups in total. The predicted octanol–water partition coefficient (Wildman–Crippen LogP) is 2.49. The lowest BCUT2D eigenvalue weighted by Gasteiger charge is -1.98. The van der Waals surface area contributed by atoms with Gasteiger partial charge in [-0.1, -0.05) is 0 Å². The van der Waals surface area contributed by atoms with Crippen LogP contribution in [-0.2, 0) is 11.2 Å². The molecule has 0 bridgehead atoms. The van der Waals surface area contributed by atoms with E-state index in [9.17, 15) is 4.79 Å². The molecular weight excluding hydrogens is 286 g/mol. The van der Waals surface area contributed by atoms with Crippen LogP contribution in [0.25, 0.3) is 11.5 Å². The van der Waals surface area contributed by atoms with Crippen LogP contribution in [-0.4, -0.2) is 27.5 Å². The Kier molecular flexibility index (Phi) is 3.95. The highest BCUT2D eigenvalue weighted by atomic mass is 16.5. The summed E-state index contributed by atoms with van der Waals surface area (Å²) in [5.74, 6) is 0.420. The summed E-state index contributed by atoms with van der Waals surface area (Å²) in [6.07, 6.45) is 6.41. The number of nitrogens with zero attached hydrogens (tertiary/aromatic N) is 3. The van der Waals surface area contributed by atoms with E-state index in [1.54, 1.807) is 19.3 Å². The zero-order valence-electron chi connectivity index (χ0n) is 11.9. The molecule has 0 saturated carbocycles. The van der Waals surface area contributed by atoms with Crippen molar-refractivity contribution in [2.75, 3.05) is 6.61 Å². The second-order valence-corrected chi connectivity index (χ2v) is 4.40. The van der Waals surface area contributed by atoms with Crippen LogP contribution >= 0.6 is 0 Å².